The van der Waals surface area contributed by atoms with Gasteiger partial charge in [0.05, 0.1) is 7.11 Å². The number of rotatable bonds is 4. The summed E-state index contributed by atoms with van der Waals surface area (Å²) in [6, 6.07) is 0.254. The van der Waals surface area contributed by atoms with E-state index in [9.17, 15) is 4.79 Å². The number of piperidine rings is 1. The summed E-state index contributed by atoms with van der Waals surface area (Å²) < 4.78 is 4.74. The van der Waals surface area contributed by atoms with Crippen molar-refractivity contribution in [2.24, 2.45) is 11.8 Å². The molecule has 1 saturated carbocycles. The number of ether oxygens (including phenoxy) is 1. The number of hydrogen-bond acceptors (Lipinski definition) is 3. The standard InChI is InChI=1S/C16H30N2O2/c1-3-13-9-15(17-16(19)20-2)12-18(10-13)11-14-7-5-4-6-8-14/h13-15H,3-12H2,1-2H3,(H,17,19). The minimum absolute atomic E-state index is 0.254. The molecule has 1 heterocycles. The van der Waals surface area contributed by atoms with E-state index < -0.39 is 0 Å². The van der Waals surface area contributed by atoms with Crippen molar-refractivity contribution in [3.63, 3.8) is 0 Å². The summed E-state index contributed by atoms with van der Waals surface area (Å²) in [6.45, 7) is 5.66. The number of nitrogens with zero attached hydrogens (tertiary/aromatic N) is 1. The van der Waals surface area contributed by atoms with Gasteiger partial charge in [-0.05, 0) is 31.1 Å². The second kappa shape index (κ2) is 7.87. The topological polar surface area (TPSA) is 41.6 Å². The van der Waals surface area contributed by atoms with E-state index in [4.69, 9.17) is 4.74 Å². The molecule has 0 aromatic rings. The molecule has 0 spiro atoms. The summed E-state index contributed by atoms with van der Waals surface area (Å²) in [4.78, 5) is 14.0. The molecule has 1 N–H and O–H groups in total. The van der Waals surface area contributed by atoms with Crippen LogP contribution in [0.5, 0.6) is 0 Å². The molecular weight excluding hydrogens is 252 g/mol. The quantitative estimate of drug-likeness (QED) is 0.862. The first-order valence-corrected chi connectivity index (χ1v) is 8.28. The summed E-state index contributed by atoms with van der Waals surface area (Å²) in [5, 5.41) is 3.00. The number of methoxy groups -OCH3 is 1. The van der Waals surface area contributed by atoms with Gasteiger partial charge in [0.15, 0.2) is 0 Å². The lowest BCUT2D eigenvalue weighted by molar-refractivity contribution is 0.104. The van der Waals surface area contributed by atoms with Crippen LogP contribution in [0, 0.1) is 11.8 Å². The van der Waals surface area contributed by atoms with Crippen LogP contribution in [0.25, 0.3) is 0 Å². The molecule has 2 aliphatic rings. The van der Waals surface area contributed by atoms with Gasteiger partial charge in [0.1, 0.15) is 0 Å². The van der Waals surface area contributed by atoms with Gasteiger partial charge in [-0.15, -0.1) is 0 Å². The van der Waals surface area contributed by atoms with Gasteiger partial charge in [-0.3, -0.25) is 0 Å². The summed E-state index contributed by atoms with van der Waals surface area (Å²) in [6.07, 6.45) is 9.00. The number of nitrogens with one attached hydrogen (secondary N) is 1. The monoisotopic (exact) mass is 282 g/mol. The smallest absolute Gasteiger partial charge is 0.407 e. The molecule has 20 heavy (non-hydrogen) atoms. The molecule has 2 atom stereocenters. The fraction of sp³-hybridized carbons (Fsp3) is 0.938. The second-order valence-electron chi connectivity index (χ2n) is 6.57. The Bertz CT molecular complexity index is 303. The first kappa shape index (κ1) is 15.6. The highest BCUT2D eigenvalue weighted by molar-refractivity contribution is 5.67. The summed E-state index contributed by atoms with van der Waals surface area (Å²) in [5.41, 5.74) is 0. The highest BCUT2D eigenvalue weighted by Gasteiger charge is 2.29. The third kappa shape index (κ3) is 4.65. The van der Waals surface area contributed by atoms with Gasteiger partial charge in [-0.25, -0.2) is 4.79 Å². The van der Waals surface area contributed by atoms with Gasteiger partial charge >= 0.3 is 6.09 Å². The molecule has 0 radical (unpaired) electrons. The second-order valence-corrected chi connectivity index (χ2v) is 6.57. The fourth-order valence-electron chi connectivity index (χ4n) is 3.81. The average Bonchev–Trinajstić information content (AvgIpc) is 2.47. The third-order valence-electron chi connectivity index (χ3n) is 4.94. The van der Waals surface area contributed by atoms with E-state index in [0.717, 1.165) is 18.9 Å². The van der Waals surface area contributed by atoms with Gasteiger partial charge < -0.3 is 15.0 Å². The first-order chi connectivity index (χ1) is 9.71. The van der Waals surface area contributed by atoms with Gasteiger partial charge in [-0.1, -0.05) is 32.6 Å². The van der Waals surface area contributed by atoms with E-state index in [1.54, 1.807) is 0 Å². The fourth-order valence-corrected chi connectivity index (χ4v) is 3.81. The Labute approximate surface area is 123 Å². The van der Waals surface area contributed by atoms with E-state index in [-0.39, 0.29) is 12.1 Å². The third-order valence-corrected chi connectivity index (χ3v) is 4.94. The Hall–Kier alpha value is -0.770. The van der Waals surface area contributed by atoms with Crippen LogP contribution < -0.4 is 5.32 Å². The summed E-state index contributed by atoms with van der Waals surface area (Å²) in [5.74, 6) is 1.58. The van der Waals surface area contributed by atoms with Crippen LogP contribution >= 0.6 is 0 Å². The molecule has 2 unspecified atom stereocenters. The van der Waals surface area contributed by atoms with E-state index in [1.165, 1.54) is 58.7 Å². The van der Waals surface area contributed by atoms with Crippen LogP contribution in [0.2, 0.25) is 0 Å². The van der Waals surface area contributed by atoms with E-state index in [2.05, 4.69) is 17.1 Å². The number of amides is 1. The summed E-state index contributed by atoms with van der Waals surface area (Å²) in [7, 11) is 1.44. The molecule has 0 bridgehead atoms. The molecule has 4 nitrogen and oxygen atoms in total. The lowest BCUT2D eigenvalue weighted by atomic mass is 9.87. The predicted molar refractivity (Wildman–Crippen MR) is 80.7 cm³/mol. The molecule has 1 amide bonds. The van der Waals surface area contributed by atoms with Crippen molar-refractivity contribution < 1.29 is 9.53 Å². The van der Waals surface area contributed by atoms with E-state index in [1.807, 2.05) is 0 Å². The van der Waals surface area contributed by atoms with Crippen molar-refractivity contribution in [3.8, 4) is 0 Å². The van der Waals surface area contributed by atoms with E-state index in [0.29, 0.717) is 5.92 Å². The van der Waals surface area contributed by atoms with Crippen molar-refractivity contribution in [2.75, 3.05) is 26.7 Å². The minimum Gasteiger partial charge on any atom is -0.453 e. The van der Waals surface area contributed by atoms with Crippen LogP contribution in [0.4, 0.5) is 4.79 Å². The zero-order valence-electron chi connectivity index (χ0n) is 13.1. The van der Waals surface area contributed by atoms with Crippen molar-refractivity contribution in [2.45, 2.75) is 57.9 Å². The minimum atomic E-state index is -0.288. The van der Waals surface area contributed by atoms with Crippen molar-refractivity contribution in [1.82, 2.24) is 10.2 Å². The number of carbonyl (C=O) groups excluding carboxylic acids is 1. The molecule has 1 aliphatic carbocycles. The maximum atomic E-state index is 11.4. The normalized spacial score (nSPS) is 29.1. The molecule has 2 rings (SSSR count). The highest BCUT2D eigenvalue weighted by atomic mass is 16.5. The SMILES string of the molecule is CCC1CC(NC(=O)OC)CN(CC2CCCCC2)C1. The lowest BCUT2D eigenvalue weighted by Crippen LogP contribution is -2.51. The largest absolute Gasteiger partial charge is 0.453 e. The molecule has 1 saturated heterocycles. The molecule has 1 aliphatic heterocycles. The van der Waals surface area contributed by atoms with Gasteiger partial charge in [0.2, 0.25) is 0 Å². The Morgan fingerprint density at radius 2 is 1.95 bits per heavy atom. The zero-order valence-corrected chi connectivity index (χ0v) is 13.1. The maximum Gasteiger partial charge on any atom is 0.407 e. The number of likely N-dealkylation sites (tertiary alicyclic amines) is 1. The number of alkyl carbamates (subject to hydrolysis) is 1. The van der Waals surface area contributed by atoms with Gasteiger partial charge in [0.25, 0.3) is 0 Å². The molecule has 116 valence electrons. The van der Waals surface area contributed by atoms with Crippen LogP contribution in [0.1, 0.15) is 51.9 Å². The predicted octanol–water partition coefficient (Wildman–Crippen LogP) is 3.02. The van der Waals surface area contributed by atoms with Crippen LogP contribution in [-0.2, 0) is 4.74 Å². The lowest BCUT2D eigenvalue weighted by Gasteiger charge is -2.39. The molecule has 4 heteroatoms. The Morgan fingerprint density at radius 3 is 2.60 bits per heavy atom. The summed E-state index contributed by atoms with van der Waals surface area (Å²) >= 11 is 0. The Balaban J connectivity index is 1.85. The highest BCUT2D eigenvalue weighted by Crippen LogP contribution is 2.27. The first-order valence-electron chi connectivity index (χ1n) is 8.28. The zero-order chi connectivity index (χ0) is 14.4. The van der Waals surface area contributed by atoms with E-state index >= 15 is 0 Å². The molecule has 0 aromatic carbocycles. The molecule has 0 aromatic heterocycles. The van der Waals surface area contributed by atoms with Crippen molar-refractivity contribution in [3.05, 3.63) is 0 Å². The maximum absolute atomic E-state index is 11.4. The number of hydrogen-bond donors (Lipinski definition) is 1. The van der Waals surface area contributed by atoms with Gasteiger partial charge in [0, 0.05) is 25.7 Å². The van der Waals surface area contributed by atoms with Gasteiger partial charge in [-0.2, -0.15) is 0 Å². The average molecular weight is 282 g/mol. The molecular formula is C16H30N2O2. The Morgan fingerprint density at radius 1 is 1.20 bits per heavy atom. The number of carbonyl (C=O) groups is 1. The van der Waals surface area contributed by atoms with Crippen molar-refractivity contribution >= 4 is 6.09 Å². The Kier molecular flexibility index (Phi) is 6.14. The molecule has 2 fully saturated rings. The van der Waals surface area contributed by atoms with Crippen molar-refractivity contribution in [1.29, 1.82) is 0 Å². The van der Waals surface area contributed by atoms with Crippen LogP contribution in [-0.4, -0.2) is 43.8 Å². The van der Waals surface area contributed by atoms with Crippen LogP contribution in [0.3, 0.4) is 0 Å². The van der Waals surface area contributed by atoms with Crippen LogP contribution in [0.15, 0.2) is 0 Å².